The van der Waals surface area contributed by atoms with E-state index in [1.165, 1.54) is 21.5 Å². The molecule has 0 N–H and O–H groups in total. The maximum absolute atomic E-state index is 7.03. The molecular weight excluding hydrogens is 698 g/mol. The van der Waals surface area contributed by atoms with Gasteiger partial charge in [0.2, 0.25) is 0 Å². The highest BCUT2D eigenvalue weighted by Crippen LogP contribution is 2.55. The van der Waals surface area contributed by atoms with E-state index in [0.29, 0.717) is 5.92 Å². The predicted octanol–water partition coefficient (Wildman–Crippen LogP) is 10.4. The highest BCUT2D eigenvalue weighted by Gasteiger charge is 2.45. The zero-order chi connectivity index (χ0) is 32.5. The Kier molecular flexibility index (Phi) is 13.1. The number of rotatable bonds is 12. The molecule has 1 fully saturated rings. The van der Waals surface area contributed by atoms with Crippen molar-refractivity contribution in [2.75, 3.05) is 6.16 Å². The van der Waals surface area contributed by atoms with Crippen LogP contribution in [0.25, 0.3) is 0 Å². The van der Waals surface area contributed by atoms with Gasteiger partial charge in [-0.3, -0.25) is 0 Å². The zero-order valence-corrected chi connectivity index (χ0v) is 32.4. The van der Waals surface area contributed by atoms with E-state index in [2.05, 4.69) is 190 Å². The molecule has 1 aliphatic rings. The Morgan fingerprint density at radius 2 is 1.40 bits per heavy atom. The van der Waals surface area contributed by atoms with Gasteiger partial charge in [0.15, 0.2) is 8.32 Å². The molecule has 0 radical (unpaired) electrons. The predicted molar refractivity (Wildman–Crippen MR) is 210 cm³/mol. The summed E-state index contributed by atoms with van der Waals surface area (Å²) in [5.41, 5.74) is 1.26. The van der Waals surface area contributed by atoms with Crippen molar-refractivity contribution in [3.8, 4) is 0 Å². The fraction of sp³-hybridized carbons (Fsp3) is 0.400. The number of benzene rings is 3. The first-order chi connectivity index (χ1) is 21.5. The van der Waals surface area contributed by atoms with Crippen LogP contribution in [0, 0.1) is 5.92 Å². The number of hydrogen-bond acceptors (Lipinski definition) is 2. The minimum Gasteiger partial charge on any atom is -0.413 e. The molecular formula is C40H53IO2PSi+. The molecule has 0 aliphatic carbocycles. The lowest BCUT2D eigenvalue weighted by molar-refractivity contribution is -0.105. The maximum Gasteiger partial charge on any atom is 0.192 e. The van der Waals surface area contributed by atoms with Gasteiger partial charge in [-0.2, -0.15) is 0 Å². The van der Waals surface area contributed by atoms with E-state index in [9.17, 15) is 0 Å². The van der Waals surface area contributed by atoms with Gasteiger partial charge in [0, 0.05) is 12.3 Å². The van der Waals surface area contributed by atoms with Crippen molar-refractivity contribution >= 4 is 54.1 Å². The standard InChI is InChI=1S/C40H53IO2PSi/c1-32(30-38-33(2)39(31-34(42-38)21-19-28-41)43-45(6,7)40(3,4)5)20-17-18-29-44(35-22-11-8-12-23-35,36-24-13-9-14-25-36)37-26-15-10-16-27-37/h8-17,19-20,22-28,30,33-34,38-39H,18,21,29,31H2,1-7H3/q+1/b20-17+,28-19+,32-30-/t33-,34-,38+,39-/m1/s1. The SMILES string of the molecule is CC(=C/[C@@H]1O[C@H](C/C=C/I)C[C@@H](O[Si](C)(C)C(C)(C)C)[C@@H]1C)/C=C/CC[P+](c1ccccc1)(c1ccccc1)c1ccccc1. The van der Waals surface area contributed by atoms with Crippen molar-refractivity contribution in [3.05, 3.63) is 125 Å². The van der Waals surface area contributed by atoms with Crippen LogP contribution >= 0.6 is 29.9 Å². The molecule has 3 aromatic carbocycles. The normalized spacial score (nSPS) is 21.9. The van der Waals surface area contributed by atoms with Crippen LogP contribution in [0.2, 0.25) is 18.1 Å². The molecule has 0 unspecified atom stereocenters. The summed E-state index contributed by atoms with van der Waals surface area (Å²) in [5, 5.41) is 4.49. The second-order valence-corrected chi connectivity index (χ2v) is 23.1. The summed E-state index contributed by atoms with van der Waals surface area (Å²) in [5.74, 6) is 0.301. The Labute approximate surface area is 289 Å². The first-order valence-corrected chi connectivity index (χ1v) is 22.6. The molecule has 0 spiro atoms. The summed E-state index contributed by atoms with van der Waals surface area (Å²) in [6, 6.07) is 33.5. The average molecular weight is 752 g/mol. The number of ether oxygens (including phenoxy) is 1. The average Bonchev–Trinajstić information content (AvgIpc) is 3.03. The second-order valence-electron chi connectivity index (χ2n) is 14.0. The third-order valence-electron chi connectivity index (χ3n) is 9.72. The van der Waals surface area contributed by atoms with Crippen molar-refractivity contribution in [1.29, 1.82) is 0 Å². The van der Waals surface area contributed by atoms with Crippen molar-refractivity contribution < 1.29 is 9.16 Å². The highest BCUT2D eigenvalue weighted by atomic mass is 127. The lowest BCUT2D eigenvalue weighted by Gasteiger charge is -2.46. The summed E-state index contributed by atoms with van der Waals surface area (Å²) >= 11 is 2.31. The first-order valence-electron chi connectivity index (χ1n) is 16.5. The summed E-state index contributed by atoms with van der Waals surface area (Å²) in [7, 11) is -3.73. The van der Waals surface area contributed by atoms with Crippen LogP contribution in [-0.4, -0.2) is 32.8 Å². The molecule has 0 amide bonds. The minimum atomic E-state index is -1.90. The van der Waals surface area contributed by atoms with Crippen LogP contribution in [0.4, 0.5) is 0 Å². The van der Waals surface area contributed by atoms with E-state index in [-0.39, 0.29) is 23.4 Å². The van der Waals surface area contributed by atoms with E-state index < -0.39 is 15.6 Å². The molecule has 5 heteroatoms. The van der Waals surface area contributed by atoms with Gasteiger partial charge in [0.1, 0.15) is 23.2 Å². The Balaban J connectivity index is 1.57. The fourth-order valence-electron chi connectivity index (χ4n) is 6.08. The van der Waals surface area contributed by atoms with Gasteiger partial charge in [0.05, 0.1) is 24.5 Å². The molecule has 1 heterocycles. The van der Waals surface area contributed by atoms with Crippen LogP contribution in [0.3, 0.4) is 0 Å². The number of hydrogen-bond donors (Lipinski definition) is 0. The van der Waals surface area contributed by atoms with Crippen LogP contribution < -0.4 is 15.9 Å². The van der Waals surface area contributed by atoms with E-state index in [0.717, 1.165) is 25.4 Å². The van der Waals surface area contributed by atoms with Gasteiger partial charge in [0.25, 0.3) is 0 Å². The molecule has 0 saturated carbocycles. The summed E-state index contributed by atoms with van der Waals surface area (Å²) < 4.78 is 15.8. The van der Waals surface area contributed by atoms with E-state index in [1.807, 2.05) is 0 Å². The first kappa shape index (κ1) is 36.0. The Hall–Kier alpha value is -1.82. The molecule has 1 saturated heterocycles. The molecule has 4 atom stereocenters. The van der Waals surface area contributed by atoms with Crippen molar-refractivity contribution in [3.63, 3.8) is 0 Å². The number of allylic oxidation sites excluding steroid dienone is 3. The van der Waals surface area contributed by atoms with E-state index in [4.69, 9.17) is 9.16 Å². The molecule has 2 nitrogen and oxygen atoms in total. The largest absolute Gasteiger partial charge is 0.413 e. The van der Waals surface area contributed by atoms with Gasteiger partial charge in [-0.25, -0.2) is 0 Å². The number of halogens is 1. The Bertz CT molecular complexity index is 1320. The van der Waals surface area contributed by atoms with Gasteiger partial charge >= 0.3 is 0 Å². The smallest absolute Gasteiger partial charge is 0.192 e. The zero-order valence-electron chi connectivity index (χ0n) is 28.3. The highest BCUT2D eigenvalue weighted by molar-refractivity contribution is 14.1. The lowest BCUT2D eigenvalue weighted by atomic mass is 9.88. The Morgan fingerprint density at radius 1 is 0.889 bits per heavy atom. The monoisotopic (exact) mass is 751 g/mol. The van der Waals surface area contributed by atoms with Crippen LogP contribution in [0.1, 0.15) is 53.9 Å². The lowest BCUT2D eigenvalue weighted by Crippen LogP contribution is -2.51. The molecule has 45 heavy (non-hydrogen) atoms. The van der Waals surface area contributed by atoms with Gasteiger partial charge in [-0.1, -0.05) is 135 Å². The molecule has 0 aromatic heterocycles. The fourth-order valence-corrected chi connectivity index (χ4v) is 12.0. The van der Waals surface area contributed by atoms with Gasteiger partial charge < -0.3 is 9.16 Å². The topological polar surface area (TPSA) is 18.5 Å². The van der Waals surface area contributed by atoms with E-state index in [1.54, 1.807) is 0 Å². The third-order valence-corrected chi connectivity index (χ3v) is 19.2. The molecule has 0 bridgehead atoms. The quantitative estimate of drug-likeness (QED) is 0.0794. The Morgan fingerprint density at radius 3 is 1.87 bits per heavy atom. The summed E-state index contributed by atoms with van der Waals surface area (Å²) in [4.78, 5) is 0. The molecule has 3 aromatic rings. The van der Waals surface area contributed by atoms with Crippen LogP contribution in [-0.2, 0) is 9.16 Å². The van der Waals surface area contributed by atoms with Crippen molar-refractivity contribution in [2.45, 2.75) is 90.3 Å². The maximum atomic E-state index is 7.03. The second kappa shape index (κ2) is 16.3. The molecule has 4 rings (SSSR count). The van der Waals surface area contributed by atoms with E-state index >= 15 is 0 Å². The van der Waals surface area contributed by atoms with Gasteiger partial charge in [-0.15, -0.1) is 0 Å². The summed E-state index contributed by atoms with van der Waals surface area (Å²) in [6.45, 7) is 16.3. The minimum absolute atomic E-state index is 0.0373. The summed E-state index contributed by atoms with van der Waals surface area (Å²) in [6.07, 6.45) is 13.6. The third kappa shape index (κ3) is 9.17. The van der Waals surface area contributed by atoms with Crippen molar-refractivity contribution in [2.24, 2.45) is 5.92 Å². The van der Waals surface area contributed by atoms with Crippen molar-refractivity contribution in [1.82, 2.24) is 0 Å². The van der Waals surface area contributed by atoms with Crippen LogP contribution in [0.15, 0.2) is 125 Å². The molecule has 240 valence electrons. The van der Waals surface area contributed by atoms with Gasteiger partial charge in [-0.05, 0) is 78.4 Å². The van der Waals surface area contributed by atoms with Crippen LogP contribution in [0.5, 0.6) is 0 Å². The molecule has 1 aliphatic heterocycles.